The molecule has 2 atom stereocenters. The first kappa shape index (κ1) is 12.0. The fourth-order valence-corrected chi connectivity index (χ4v) is 1.62. The Bertz CT molecular complexity index is 376. The van der Waals surface area contributed by atoms with Crippen LogP contribution in [0.1, 0.15) is 24.2 Å². The number of hydrogen-bond donors (Lipinski definition) is 2. The van der Waals surface area contributed by atoms with Crippen molar-refractivity contribution in [2.75, 3.05) is 0 Å². The van der Waals surface area contributed by atoms with Crippen molar-refractivity contribution in [2.24, 2.45) is 5.92 Å². The standard InChI is InChI=1S/C11H13ClO3/c1-6-3-4-8(9(12)5-6)10(13)7(2)11(14)15/h3-5,7,10,13H,1-2H3,(H,14,15). The molecule has 1 aromatic carbocycles. The maximum absolute atomic E-state index is 10.7. The van der Waals surface area contributed by atoms with E-state index in [1.165, 1.54) is 6.92 Å². The molecule has 1 aromatic rings. The number of hydrogen-bond acceptors (Lipinski definition) is 2. The Labute approximate surface area is 93.3 Å². The number of aliphatic carboxylic acids is 1. The Hall–Kier alpha value is -1.06. The molecule has 0 bridgehead atoms. The van der Waals surface area contributed by atoms with Gasteiger partial charge in [-0.05, 0) is 31.0 Å². The van der Waals surface area contributed by atoms with E-state index in [-0.39, 0.29) is 0 Å². The maximum atomic E-state index is 10.7. The van der Waals surface area contributed by atoms with Crippen LogP contribution in [0.2, 0.25) is 5.02 Å². The first-order chi connectivity index (χ1) is 6.93. The zero-order valence-electron chi connectivity index (χ0n) is 8.57. The lowest BCUT2D eigenvalue weighted by Crippen LogP contribution is -2.18. The molecule has 0 saturated carbocycles. The van der Waals surface area contributed by atoms with Gasteiger partial charge in [-0.25, -0.2) is 0 Å². The lowest BCUT2D eigenvalue weighted by Gasteiger charge is -2.16. The molecule has 2 N–H and O–H groups in total. The van der Waals surface area contributed by atoms with E-state index in [2.05, 4.69) is 0 Å². The molecule has 0 aromatic heterocycles. The summed E-state index contributed by atoms with van der Waals surface area (Å²) in [4.78, 5) is 10.7. The van der Waals surface area contributed by atoms with E-state index in [1.807, 2.05) is 6.92 Å². The Balaban J connectivity index is 3.01. The number of rotatable bonds is 3. The highest BCUT2D eigenvalue weighted by Crippen LogP contribution is 2.29. The van der Waals surface area contributed by atoms with Gasteiger partial charge in [0.15, 0.2) is 0 Å². The summed E-state index contributed by atoms with van der Waals surface area (Å²) in [7, 11) is 0. The van der Waals surface area contributed by atoms with Crippen molar-refractivity contribution in [1.29, 1.82) is 0 Å². The maximum Gasteiger partial charge on any atom is 0.309 e. The molecular weight excluding hydrogens is 216 g/mol. The van der Waals surface area contributed by atoms with Crippen LogP contribution in [-0.2, 0) is 4.79 Å². The van der Waals surface area contributed by atoms with Crippen LogP contribution >= 0.6 is 11.6 Å². The van der Waals surface area contributed by atoms with Crippen LogP contribution in [-0.4, -0.2) is 16.2 Å². The summed E-state index contributed by atoms with van der Waals surface area (Å²) in [6, 6.07) is 5.15. The van der Waals surface area contributed by atoms with Gasteiger partial charge in [0.25, 0.3) is 0 Å². The minimum Gasteiger partial charge on any atom is -0.481 e. The molecule has 82 valence electrons. The molecule has 15 heavy (non-hydrogen) atoms. The second-order valence-electron chi connectivity index (χ2n) is 3.60. The Morgan fingerprint density at radius 1 is 1.47 bits per heavy atom. The van der Waals surface area contributed by atoms with Gasteiger partial charge in [0, 0.05) is 5.02 Å². The second-order valence-corrected chi connectivity index (χ2v) is 4.00. The van der Waals surface area contributed by atoms with Crippen LogP contribution in [0.4, 0.5) is 0 Å². The number of aliphatic hydroxyl groups excluding tert-OH is 1. The average molecular weight is 229 g/mol. The third kappa shape index (κ3) is 2.70. The van der Waals surface area contributed by atoms with Gasteiger partial charge in [-0.3, -0.25) is 4.79 Å². The van der Waals surface area contributed by atoms with E-state index in [9.17, 15) is 9.90 Å². The van der Waals surface area contributed by atoms with Crippen LogP contribution in [0, 0.1) is 12.8 Å². The van der Waals surface area contributed by atoms with Crippen molar-refractivity contribution in [1.82, 2.24) is 0 Å². The third-order valence-electron chi connectivity index (χ3n) is 2.34. The zero-order valence-corrected chi connectivity index (χ0v) is 9.32. The largest absolute Gasteiger partial charge is 0.481 e. The second kappa shape index (κ2) is 4.64. The van der Waals surface area contributed by atoms with E-state index < -0.39 is 18.0 Å². The first-order valence-corrected chi connectivity index (χ1v) is 4.98. The lowest BCUT2D eigenvalue weighted by atomic mass is 9.97. The molecular formula is C11H13ClO3. The molecule has 0 amide bonds. The van der Waals surface area contributed by atoms with Crippen LogP contribution in [0.25, 0.3) is 0 Å². The highest BCUT2D eigenvalue weighted by Gasteiger charge is 2.24. The minimum atomic E-state index is -1.07. The van der Waals surface area contributed by atoms with Gasteiger partial charge in [0.05, 0.1) is 12.0 Å². The molecule has 0 fully saturated rings. The molecule has 1 rings (SSSR count). The molecule has 4 heteroatoms. The fraction of sp³-hybridized carbons (Fsp3) is 0.364. The van der Waals surface area contributed by atoms with Gasteiger partial charge >= 0.3 is 5.97 Å². The van der Waals surface area contributed by atoms with Gasteiger partial charge in [-0.2, -0.15) is 0 Å². The Morgan fingerprint density at radius 3 is 2.53 bits per heavy atom. The fourth-order valence-electron chi connectivity index (χ4n) is 1.28. The summed E-state index contributed by atoms with van der Waals surface area (Å²) in [6.07, 6.45) is -1.07. The number of benzene rings is 1. The number of halogens is 1. The van der Waals surface area contributed by atoms with E-state index >= 15 is 0 Å². The molecule has 0 spiro atoms. The van der Waals surface area contributed by atoms with Crippen molar-refractivity contribution >= 4 is 17.6 Å². The monoisotopic (exact) mass is 228 g/mol. The summed E-state index contributed by atoms with van der Waals surface area (Å²) in [5.74, 6) is -1.91. The van der Waals surface area contributed by atoms with E-state index in [0.29, 0.717) is 10.6 Å². The third-order valence-corrected chi connectivity index (χ3v) is 2.67. The molecule has 0 aliphatic carbocycles. The Kier molecular flexibility index (Phi) is 3.72. The zero-order chi connectivity index (χ0) is 11.6. The number of aliphatic hydroxyl groups is 1. The minimum absolute atomic E-state index is 0.399. The van der Waals surface area contributed by atoms with Gasteiger partial charge in [-0.15, -0.1) is 0 Å². The molecule has 0 radical (unpaired) electrons. The lowest BCUT2D eigenvalue weighted by molar-refractivity contribution is -0.145. The molecule has 3 nitrogen and oxygen atoms in total. The quantitative estimate of drug-likeness (QED) is 0.835. The van der Waals surface area contributed by atoms with Gasteiger partial charge in [0.1, 0.15) is 0 Å². The number of carbonyl (C=O) groups is 1. The first-order valence-electron chi connectivity index (χ1n) is 4.60. The highest BCUT2D eigenvalue weighted by molar-refractivity contribution is 6.31. The van der Waals surface area contributed by atoms with Crippen molar-refractivity contribution in [3.63, 3.8) is 0 Å². The molecule has 2 unspecified atom stereocenters. The summed E-state index contributed by atoms with van der Waals surface area (Å²) >= 11 is 5.92. The van der Waals surface area contributed by atoms with Crippen LogP contribution < -0.4 is 0 Å². The van der Waals surface area contributed by atoms with Crippen LogP contribution in [0.15, 0.2) is 18.2 Å². The smallest absolute Gasteiger partial charge is 0.309 e. The molecule has 0 saturated heterocycles. The van der Waals surface area contributed by atoms with Gasteiger partial charge < -0.3 is 10.2 Å². The summed E-state index contributed by atoms with van der Waals surface area (Å²) in [5, 5.41) is 18.9. The summed E-state index contributed by atoms with van der Waals surface area (Å²) in [6.45, 7) is 3.33. The van der Waals surface area contributed by atoms with Crippen molar-refractivity contribution in [2.45, 2.75) is 20.0 Å². The van der Waals surface area contributed by atoms with Crippen molar-refractivity contribution < 1.29 is 15.0 Å². The average Bonchev–Trinajstić information content (AvgIpc) is 2.15. The topological polar surface area (TPSA) is 57.5 Å². The van der Waals surface area contributed by atoms with E-state index in [1.54, 1.807) is 18.2 Å². The predicted octanol–water partition coefficient (Wildman–Crippen LogP) is 2.40. The Morgan fingerprint density at radius 2 is 2.07 bits per heavy atom. The van der Waals surface area contributed by atoms with E-state index in [4.69, 9.17) is 16.7 Å². The molecule has 0 aliphatic heterocycles. The highest BCUT2D eigenvalue weighted by atomic mass is 35.5. The molecule has 0 heterocycles. The summed E-state index contributed by atoms with van der Waals surface area (Å²) in [5.41, 5.74) is 1.43. The normalized spacial score (nSPS) is 14.7. The van der Waals surface area contributed by atoms with Crippen LogP contribution in [0.3, 0.4) is 0 Å². The van der Waals surface area contributed by atoms with Gasteiger partial charge in [0.2, 0.25) is 0 Å². The van der Waals surface area contributed by atoms with Crippen molar-refractivity contribution in [3.8, 4) is 0 Å². The number of carboxylic acid groups (broad SMARTS) is 1. The van der Waals surface area contributed by atoms with Crippen molar-refractivity contribution in [3.05, 3.63) is 34.3 Å². The van der Waals surface area contributed by atoms with Crippen LogP contribution in [0.5, 0.6) is 0 Å². The van der Waals surface area contributed by atoms with Gasteiger partial charge in [-0.1, -0.05) is 23.7 Å². The molecule has 0 aliphatic rings. The predicted molar refractivity (Wildman–Crippen MR) is 57.9 cm³/mol. The number of aryl methyl sites for hydroxylation is 1. The summed E-state index contributed by atoms with van der Waals surface area (Å²) < 4.78 is 0. The SMILES string of the molecule is Cc1ccc(C(O)C(C)C(=O)O)c(Cl)c1. The number of carboxylic acids is 1. The van der Waals surface area contributed by atoms with E-state index in [0.717, 1.165) is 5.56 Å².